The largest absolute Gasteiger partial charge is 0.481 e. The minimum Gasteiger partial charge on any atom is -0.481 e. The van der Waals surface area contributed by atoms with Crippen LogP contribution in [0.4, 0.5) is 0 Å². The van der Waals surface area contributed by atoms with Crippen LogP contribution in [0.15, 0.2) is 30.3 Å². The molecule has 12 heteroatoms. The molecule has 28 heavy (non-hydrogen) atoms. The van der Waals surface area contributed by atoms with E-state index in [4.69, 9.17) is 16.6 Å². The minimum absolute atomic E-state index is 0.0308. The van der Waals surface area contributed by atoms with Crippen LogP contribution in [0.1, 0.15) is 25.7 Å². The van der Waals surface area contributed by atoms with E-state index in [1.165, 1.54) is 0 Å². The first kappa shape index (κ1) is 22.4. The predicted molar refractivity (Wildman–Crippen MR) is 107 cm³/mol. The Balaban J connectivity index is 2.61. The number of carbonyl (C=O) groups is 3. The molecule has 0 aromatic heterocycles. The molecule has 1 rings (SSSR count). The zero-order valence-corrected chi connectivity index (χ0v) is 16.8. The fourth-order valence-corrected chi connectivity index (χ4v) is 4.32. The Labute approximate surface area is 169 Å². The van der Waals surface area contributed by atoms with Crippen LogP contribution in [-0.4, -0.2) is 35.9 Å². The summed E-state index contributed by atoms with van der Waals surface area (Å²) < 4.78 is 25.3. The van der Waals surface area contributed by atoms with E-state index in [-0.39, 0.29) is 25.4 Å². The van der Waals surface area contributed by atoms with E-state index >= 15 is 0 Å². The molecule has 0 aliphatic heterocycles. The summed E-state index contributed by atoms with van der Waals surface area (Å²) in [6.45, 7) is 0. The van der Waals surface area contributed by atoms with E-state index in [1.54, 1.807) is 30.3 Å². The van der Waals surface area contributed by atoms with Gasteiger partial charge in [0.05, 0.1) is 6.42 Å². The lowest BCUT2D eigenvalue weighted by Crippen LogP contribution is -2.48. The van der Waals surface area contributed by atoms with E-state index in [2.05, 4.69) is 16.5 Å². The van der Waals surface area contributed by atoms with Crippen LogP contribution in [0.3, 0.4) is 0 Å². The van der Waals surface area contributed by atoms with Gasteiger partial charge in [0, 0.05) is 23.8 Å². The maximum Gasteiger partial charge on any atom is 0.303 e. The highest BCUT2D eigenvalue weighted by atomic mass is 32.1. The molecule has 1 aromatic rings. The normalized spacial score (nSPS) is 14.5. The van der Waals surface area contributed by atoms with Crippen molar-refractivity contribution < 1.29 is 28.7 Å². The zero-order valence-electron chi connectivity index (χ0n) is 16.1. The smallest absolute Gasteiger partial charge is 0.303 e. The highest BCUT2D eigenvalue weighted by Crippen LogP contribution is 2.44. The molecule has 0 aliphatic rings. The Bertz CT molecular complexity index is 727. The number of carboxylic acid groups (broad SMARTS) is 1. The molecule has 6 N–H and O–H groups in total. The first-order valence-electron chi connectivity index (χ1n) is 8.90. The second-order valence-corrected chi connectivity index (χ2v) is 8.78. The third kappa shape index (κ3) is 8.85. The van der Waals surface area contributed by atoms with E-state index < -0.39 is 31.1 Å². The molecule has 156 valence electrons. The predicted octanol–water partition coefficient (Wildman–Crippen LogP) is 0.323. The van der Waals surface area contributed by atoms with Crippen molar-refractivity contribution in [2.24, 2.45) is 11.7 Å². The van der Waals surface area contributed by atoms with Gasteiger partial charge in [0.25, 0.3) is 7.37 Å². The van der Waals surface area contributed by atoms with Crippen molar-refractivity contribution >= 4 is 43.0 Å². The number of rotatable bonds is 15. The summed E-state index contributed by atoms with van der Waals surface area (Å²) in [5.41, 5.74) is 11.9. The summed E-state index contributed by atoms with van der Waals surface area (Å²) in [5.74, 6) is -2.26. The van der Waals surface area contributed by atoms with E-state index in [9.17, 15) is 18.9 Å². The average Bonchev–Trinajstić information content (AvgIpc) is 2.70. The highest BCUT2D eigenvalue weighted by molar-refractivity contribution is 7.80. The lowest BCUT2D eigenvalue weighted by Gasteiger charge is -2.20. The van der Waals surface area contributed by atoms with Gasteiger partial charge in [0.1, 0.15) is 1.12 Å². The summed E-state index contributed by atoms with van der Waals surface area (Å²) in [6, 6.07) is 8.13. The molecule has 0 bridgehead atoms. The number of primary amides is 1. The first-order chi connectivity index (χ1) is 13.8. The molecule has 0 heterocycles. The monoisotopic (exact) mass is 434 g/mol. The van der Waals surface area contributed by atoms with Gasteiger partial charge in [-0.2, -0.15) is 12.5 Å². The van der Waals surface area contributed by atoms with Crippen LogP contribution >= 0.6 is 19.9 Å². The summed E-state index contributed by atoms with van der Waals surface area (Å²) in [6.07, 6.45) is 0.0303. The third-order valence-electron chi connectivity index (χ3n) is 3.78. The van der Waals surface area contributed by atoms with Gasteiger partial charge in [0.15, 0.2) is 0 Å². The Hall–Kier alpha value is -1.91. The molecular weight excluding hydrogens is 407 g/mol. The van der Waals surface area contributed by atoms with Crippen LogP contribution in [0, 0.1) is 5.92 Å². The number of hydrogen-bond acceptors (Lipinski definition) is 8. The molecular formula is C16H25N4O6PS. The Morgan fingerprint density at radius 2 is 1.96 bits per heavy atom. The highest BCUT2D eigenvalue weighted by Gasteiger charge is 2.27. The molecule has 2 amide bonds. The molecule has 0 radical (unpaired) electrons. The number of carboxylic acids is 1. The maximum atomic E-state index is 13.0. The average molecular weight is 434 g/mol. The van der Waals surface area contributed by atoms with Gasteiger partial charge in [-0.1, -0.05) is 18.2 Å². The third-order valence-corrected chi connectivity index (χ3v) is 6.29. The Kier molecular flexibility index (Phi) is 10.0. The van der Waals surface area contributed by atoms with Gasteiger partial charge in [0.2, 0.25) is 11.8 Å². The molecule has 10 nitrogen and oxygen atoms in total. The SMILES string of the molecule is [3H]SCCC(CCC(N)=O)C(=O)NNNOP(=O)(CCC(=O)O)c1ccccc1. The molecule has 1 aromatic carbocycles. The summed E-state index contributed by atoms with van der Waals surface area (Å²) in [7, 11) is -3.55. The van der Waals surface area contributed by atoms with Gasteiger partial charge < -0.3 is 10.8 Å². The second kappa shape index (κ2) is 12.5. The summed E-state index contributed by atoms with van der Waals surface area (Å²) in [5, 5.41) is 9.20. The molecule has 2 atom stereocenters. The molecule has 0 aliphatic carbocycles. The van der Waals surface area contributed by atoms with Crippen molar-refractivity contribution in [3.63, 3.8) is 0 Å². The molecule has 0 saturated heterocycles. The van der Waals surface area contributed by atoms with Gasteiger partial charge in [-0.15, -0.1) is 11.1 Å². The van der Waals surface area contributed by atoms with Crippen molar-refractivity contribution in [1.82, 2.24) is 16.5 Å². The van der Waals surface area contributed by atoms with E-state index in [0.29, 0.717) is 17.5 Å². The standard InChI is InChI=1S/C16H25N4O6PS/c17-14(21)7-6-12(9-11-28)16(24)18-19-20-26-27(25,10-8-15(22)23)13-4-2-1-3-5-13/h1-5,12,19-20,28H,6-11H2,(H2,17,21)(H,18,24)(H,22,23)/i/hT. The van der Waals surface area contributed by atoms with Crippen molar-refractivity contribution in [3.8, 4) is 0 Å². The second-order valence-electron chi connectivity index (χ2n) is 5.88. The quantitative estimate of drug-likeness (QED) is 0.0996. The van der Waals surface area contributed by atoms with Gasteiger partial charge in [-0.05, 0) is 30.7 Å². The van der Waals surface area contributed by atoms with Crippen LogP contribution < -0.4 is 27.6 Å². The van der Waals surface area contributed by atoms with Crippen LogP contribution in [0.5, 0.6) is 0 Å². The number of hydrogen-bond donors (Lipinski definition) is 6. The number of aliphatic carboxylic acids is 1. The van der Waals surface area contributed by atoms with Crippen LogP contribution in [0.25, 0.3) is 0 Å². The molecule has 2 unspecified atom stereocenters. The topological polar surface area (TPSA) is 160 Å². The lowest BCUT2D eigenvalue weighted by atomic mass is 9.99. The number of amides is 2. The number of hydrazine groups is 2. The van der Waals surface area contributed by atoms with Gasteiger partial charge >= 0.3 is 5.97 Å². The van der Waals surface area contributed by atoms with Crippen LogP contribution in [-0.2, 0) is 23.6 Å². The van der Waals surface area contributed by atoms with Crippen molar-refractivity contribution in [3.05, 3.63) is 30.3 Å². The van der Waals surface area contributed by atoms with Gasteiger partial charge in [-0.25, -0.2) is 4.62 Å². The lowest BCUT2D eigenvalue weighted by molar-refractivity contribution is -0.136. The van der Waals surface area contributed by atoms with E-state index in [1.807, 2.05) is 0 Å². The summed E-state index contributed by atoms with van der Waals surface area (Å²) in [4.78, 5) is 34.0. The number of thiol groups is 1. The number of benzene rings is 1. The number of carbonyl (C=O) groups excluding carboxylic acids is 2. The first-order valence-corrected chi connectivity index (χ1v) is 10.9. The molecule has 0 spiro atoms. The zero-order chi connectivity index (χ0) is 21.7. The number of nitrogens with one attached hydrogen (secondary N) is 3. The van der Waals surface area contributed by atoms with Crippen molar-refractivity contribution in [1.29, 1.82) is 1.12 Å². The fourth-order valence-electron chi connectivity index (χ4n) is 2.28. The van der Waals surface area contributed by atoms with E-state index in [0.717, 1.165) is 12.5 Å². The molecule has 0 saturated carbocycles. The molecule has 0 fully saturated rings. The number of nitrogens with two attached hydrogens (primary N) is 1. The maximum absolute atomic E-state index is 13.0. The van der Waals surface area contributed by atoms with Crippen LogP contribution in [0.2, 0.25) is 0 Å². The minimum atomic E-state index is -3.55. The Morgan fingerprint density at radius 3 is 2.57 bits per heavy atom. The fraction of sp³-hybridized carbons (Fsp3) is 0.438. The van der Waals surface area contributed by atoms with Gasteiger partial charge in [-0.3, -0.25) is 24.4 Å². The summed E-state index contributed by atoms with van der Waals surface area (Å²) >= 11 is 0.827. The van der Waals surface area contributed by atoms with Crippen molar-refractivity contribution in [2.45, 2.75) is 25.7 Å². The van der Waals surface area contributed by atoms with Crippen molar-refractivity contribution in [2.75, 3.05) is 11.9 Å². The Morgan fingerprint density at radius 1 is 1.25 bits per heavy atom.